The lowest BCUT2D eigenvalue weighted by Crippen LogP contribution is -2.32. The van der Waals surface area contributed by atoms with Gasteiger partial charge in [0.15, 0.2) is 0 Å². The molecule has 5 nitrogen and oxygen atoms in total. The van der Waals surface area contributed by atoms with Gasteiger partial charge in [-0.1, -0.05) is 32.4 Å². The fraction of sp³-hybridized carbons (Fsp3) is 0.389. The number of anilines is 1. The summed E-state index contributed by atoms with van der Waals surface area (Å²) in [6, 6.07) is 2.25. The molecule has 0 fully saturated rings. The molecule has 0 radical (unpaired) electrons. The highest BCUT2D eigenvalue weighted by atomic mass is 35.5. The lowest BCUT2D eigenvalue weighted by molar-refractivity contribution is 0.358. The molecule has 2 heterocycles. The van der Waals surface area contributed by atoms with Crippen LogP contribution in [0.5, 0.6) is 0 Å². The largest absolute Gasteiger partial charge is 0.366 e. The van der Waals surface area contributed by atoms with E-state index in [4.69, 9.17) is 11.6 Å². The van der Waals surface area contributed by atoms with Crippen molar-refractivity contribution in [2.75, 3.05) is 5.32 Å². The van der Waals surface area contributed by atoms with Crippen LogP contribution in [0.3, 0.4) is 0 Å². The smallest absolute Gasteiger partial charge is 0.255 e. The Morgan fingerprint density at radius 2 is 1.88 bits per heavy atom. The molecule has 0 spiro atoms. The van der Waals surface area contributed by atoms with Crippen molar-refractivity contribution in [2.45, 2.75) is 40.7 Å². The SMILES string of the molecule is Cc1cc(F)c(-c2c(Cl)nc3ncnn3c2NC(C)C(C)(C)C)cc1F. The third-order valence-corrected chi connectivity index (χ3v) is 4.83. The summed E-state index contributed by atoms with van der Waals surface area (Å²) in [4.78, 5) is 8.21. The summed E-state index contributed by atoms with van der Waals surface area (Å²) in [5.41, 5.74) is 0.385. The maximum Gasteiger partial charge on any atom is 0.255 e. The number of aromatic nitrogens is 4. The Morgan fingerprint density at radius 1 is 1.19 bits per heavy atom. The van der Waals surface area contributed by atoms with Gasteiger partial charge in [0.1, 0.15) is 28.9 Å². The van der Waals surface area contributed by atoms with E-state index in [-0.39, 0.29) is 39.1 Å². The minimum absolute atomic E-state index is 0.0200. The number of hydrogen-bond acceptors (Lipinski definition) is 4. The van der Waals surface area contributed by atoms with Gasteiger partial charge in [-0.05, 0) is 37.0 Å². The molecule has 2 aromatic heterocycles. The van der Waals surface area contributed by atoms with Gasteiger partial charge in [0.2, 0.25) is 0 Å². The van der Waals surface area contributed by atoms with E-state index in [1.807, 2.05) is 6.92 Å². The first-order chi connectivity index (χ1) is 12.1. The van der Waals surface area contributed by atoms with Crippen molar-refractivity contribution in [3.8, 4) is 11.1 Å². The van der Waals surface area contributed by atoms with Gasteiger partial charge in [-0.2, -0.15) is 19.6 Å². The second kappa shape index (κ2) is 6.46. The molecule has 26 heavy (non-hydrogen) atoms. The van der Waals surface area contributed by atoms with Gasteiger partial charge in [-0.25, -0.2) is 8.78 Å². The van der Waals surface area contributed by atoms with Crippen molar-refractivity contribution in [3.05, 3.63) is 40.8 Å². The van der Waals surface area contributed by atoms with Gasteiger partial charge >= 0.3 is 0 Å². The van der Waals surface area contributed by atoms with E-state index in [1.165, 1.54) is 17.8 Å². The van der Waals surface area contributed by atoms with Gasteiger partial charge in [-0.3, -0.25) is 0 Å². The van der Waals surface area contributed by atoms with Crippen LogP contribution in [-0.4, -0.2) is 25.6 Å². The molecule has 1 atom stereocenters. The molecule has 0 saturated heterocycles. The van der Waals surface area contributed by atoms with Crippen LogP contribution in [-0.2, 0) is 0 Å². The summed E-state index contributed by atoms with van der Waals surface area (Å²) in [5, 5.41) is 7.51. The Morgan fingerprint density at radius 3 is 2.54 bits per heavy atom. The zero-order valence-electron chi connectivity index (χ0n) is 15.2. The van der Waals surface area contributed by atoms with Crippen LogP contribution in [0.4, 0.5) is 14.6 Å². The monoisotopic (exact) mass is 379 g/mol. The maximum absolute atomic E-state index is 14.6. The van der Waals surface area contributed by atoms with Crippen LogP contribution >= 0.6 is 11.6 Å². The molecule has 3 rings (SSSR count). The molecule has 138 valence electrons. The second-order valence-electron chi connectivity index (χ2n) is 7.41. The average Bonchev–Trinajstić information content (AvgIpc) is 2.98. The van der Waals surface area contributed by atoms with Crippen molar-refractivity contribution in [1.29, 1.82) is 0 Å². The standard InChI is InChI=1S/C18H20ClF2N5/c1-9-6-13(21)11(7-12(9)20)14-15(19)25-17-22-8-23-26(17)16(14)24-10(2)18(3,4)5/h6-8,10,24H,1-5H3. The molecule has 0 amide bonds. The van der Waals surface area contributed by atoms with Crippen LogP contribution in [0.2, 0.25) is 5.15 Å². The van der Waals surface area contributed by atoms with Crippen molar-refractivity contribution in [2.24, 2.45) is 5.41 Å². The zero-order chi connectivity index (χ0) is 19.2. The number of aryl methyl sites for hydroxylation is 1. The van der Waals surface area contributed by atoms with Gasteiger partial charge < -0.3 is 5.32 Å². The molecule has 1 N–H and O–H groups in total. The highest BCUT2D eigenvalue weighted by Crippen LogP contribution is 2.37. The predicted octanol–water partition coefficient (Wildman–Crippen LogP) is 4.88. The summed E-state index contributed by atoms with van der Waals surface area (Å²) in [5.74, 6) is -0.415. The van der Waals surface area contributed by atoms with Crippen molar-refractivity contribution < 1.29 is 8.78 Å². The summed E-state index contributed by atoms with van der Waals surface area (Å²) < 4.78 is 30.2. The van der Waals surface area contributed by atoms with E-state index in [9.17, 15) is 8.78 Å². The quantitative estimate of drug-likeness (QED) is 0.659. The fourth-order valence-corrected chi connectivity index (χ4v) is 2.72. The minimum atomic E-state index is -0.585. The molecule has 1 unspecified atom stereocenters. The minimum Gasteiger partial charge on any atom is -0.366 e. The van der Waals surface area contributed by atoms with E-state index in [1.54, 1.807) is 0 Å². The summed E-state index contributed by atoms with van der Waals surface area (Å²) in [6.07, 6.45) is 1.33. The first-order valence-electron chi connectivity index (χ1n) is 8.21. The van der Waals surface area contributed by atoms with Crippen LogP contribution in [0, 0.1) is 24.0 Å². The molecule has 0 aliphatic heterocycles. The molecule has 0 aliphatic carbocycles. The predicted molar refractivity (Wildman–Crippen MR) is 98.4 cm³/mol. The molecule has 0 bridgehead atoms. The van der Waals surface area contributed by atoms with E-state index in [0.29, 0.717) is 5.82 Å². The van der Waals surface area contributed by atoms with Crippen molar-refractivity contribution in [3.63, 3.8) is 0 Å². The summed E-state index contributed by atoms with van der Waals surface area (Å²) in [6.45, 7) is 9.70. The summed E-state index contributed by atoms with van der Waals surface area (Å²) in [7, 11) is 0. The number of fused-ring (bicyclic) bond motifs is 1. The van der Waals surface area contributed by atoms with E-state index in [0.717, 1.165) is 12.1 Å². The number of nitrogens with one attached hydrogen (secondary N) is 1. The number of nitrogens with zero attached hydrogens (tertiary/aromatic N) is 4. The van der Waals surface area contributed by atoms with Gasteiger partial charge in [-0.15, -0.1) is 0 Å². The van der Waals surface area contributed by atoms with Crippen molar-refractivity contribution >= 4 is 23.2 Å². The van der Waals surface area contributed by atoms with Gasteiger partial charge in [0.05, 0.1) is 5.56 Å². The van der Waals surface area contributed by atoms with Gasteiger partial charge in [0.25, 0.3) is 5.78 Å². The number of halogens is 3. The van der Waals surface area contributed by atoms with E-state index < -0.39 is 11.6 Å². The lowest BCUT2D eigenvalue weighted by Gasteiger charge is -2.30. The molecular weight excluding hydrogens is 360 g/mol. The van der Waals surface area contributed by atoms with E-state index in [2.05, 4.69) is 41.2 Å². The third-order valence-electron chi connectivity index (χ3n) is 4.55. The molecule has 8 heteroatoms. The first kappa shape index (κ1) is 18.5. The Balaban J connectivity index is 2.30. The molecule has 3 aromatic rings. The molecule has 1 aromatic carbocycles. The van der Waals surface area contributed by atoms with Crippen molar-refractivity contribution in [1.82, 2.24) is 19.6 Å². The number of rotatable bonds is 3. The number of hydrogen-bond donors (Lipinski definition) is 1. The van der Waals surface area contributed by atoms with Crippen LogP contribution < -0.4 is 5.32 Å². The molecular formula is C18H20ClF2N5. The molecule has 0 saturated carbocycles. The fourth-order valence-electron chi connectivity index (χ4n) is 2.45. The van der Waals surface area contributed by atoms with Crippen LogP contribution in [0.1, 0.15) is 33.3 Å². The normalized spacial score (nSPS) is 13.2. The first-order valence-corrected chi connectivity index (χ1v) is 8.59. The Labute approximate surface area is 155 Å². The van der Waals surface area contributed by atoms with Crippen LogP contribution in [0.15, 0.2) is 18.5 Å². The second-order valence-corrected chi connectivity index (χ2v) is 7.77. The Bertz CT molecular complexity index is 978. The van der Waals surface area contributed by atoms with E-state index >= 15 is 0 Å². The third kappa shape index (κ3) is 3.23. The Kier molecular flexibility index (Phi) is 4.60. The highest BCUT2D eigenvalue weighted by Gasteiger charge is 2.26. The Hall–Kier alpha value is -2.28. The summed E-state index contributed by atoms with van der Waals surface area (Å²) >= 11 is 6.34. The van der Waals surface area contributed by atoms with Gasteiger partial charge in [0, 0.05) is 11.6 Å². The lowest BCUT2D eigenvalue weighted by atomic mass is 9.88. The highest BCUT2D eigenvalue weighted by molar-refractivity contribution is 6.33. The number of benzene rings is 1. The zero-order valence-corrected chi connectivity index (χ0v) is 16.0. The maximum atomic E-state index is 14.6. The van der Waals surface area contributed by atoms with Crippen LogP contribution in [0.25, 0.3) is 16.9 Å². The molecule has 0 aliphatic rings. The topological polar surface area (TPSA) is 55.1 Å². The average molecular weight is 380 g/mol.